The summed E-state index contributed by atoms with van der Waals surface area (Å²) in [6.07, 6.45) is 1.72. The second-order valence-electron chi connectivity index (χ2n) is 4.16. The molecule has 0 radical (unpaired) electrons. The zero-order valence-electron chi connectivity index (χ0n) is 10.6. The van der Waals surface area contributed by atoms with Crippen LogP contribution in [0.2, 0.25) is 0 Å². The summed E-state index contributed by atoms with van der Waals surface area (Å²) in [5.74, 6) is -0.301. The Hall–Kier alpha value is -1.61. The van der Waals surface area contributed by atoms with Crippen molar-refractivity contribution in [2.24, 2.45) is 0 Å². The maximum atomic E-state index is 11.9. The molecule has 0 heterocycles. The van der Waals surface area contributed by atoms with Crippen LogP contribution in [0.4, 0.5) is 0 Å². The molecule has 17 heavy (non-hydrogen) atoms. The first-order valence-corrected chi connectivity index (χ1v) is 5.56. The summed E-state index contributed by atoms with van der Waals surface area (Å²) in [5.41, 5.74) is 1.17. The first kappa shape index (κ1) is 13.5. The van der Waals surface area contributed by atoms with E-state index in [1.54, 1.807) is 6.08 Å². The molecule has 1 aromatic carbocycles. The van der Waals surface area contributed by atoms with Crippen molar-refractivity contribution in [3.05, 3.63) is 48.0 Å². The Morgan fingerprint density at radius 3 is 2.82 bits per heavy atom. The van der Waals surface area contributed by atoms with E-state index in [-0.39, 0.29) is 5.97 Å². The van der Waals surface area contributed by atoms with Crippen molar-refractivity contribution in [2.75, 3.05) is 13.7 Å². The Morgan fingerprint density at radius 1 is 1.59 bits per heavy atom. The number of nitrogens with one attached hydrogen (secondary N) is 1. The standard InChI is InChI=1S/C14H19NO2/c1-5-9-15-14(3,13(16)17-4)12-8-6-7-11(2)10-12/h5-8,10,15H,1,9H2,2-4H3. The molecule has 0 amide bonds. The Balaban J connectivity index is 3.13. The SMILES string of the molecule is C=CCNC(C)(C(=O)OC)c1cccc(C)c1. The van der Waals surface area contributed by atoms with Crippen molar-refractivity contribution >= 4 is 5.97 Å². The number of carbonyl (C=O) groups is 1. The van der Waals surface area contributed by atoms with Gasteiger partial charge >= 0.3 is 5.97 Å². The van der Waals surface area contributed by atoms with E-state index in [1.807, 2.05) is 38.1 Å². The van der Waals surface area contributed by atoms with E-state index >= 15 is 0 Å². The number of carbonyl (C=O) groups excluding carboxylic acids is 1. The van der Waals surface area contributed by atoms with Gasteiger partial charge in [-0.3, -0.25) is 5.32 Å². The normalized spacial score (nSPS) is 13.8. The van der Waals surface area contributed by atoms with Gasteiger partial charge in [0.05, 0.1) is 7.11 Å². The summed E-state index contributed by atoms with van der Waals surface area (Å²) in [5, 5.41) is 3.15. The van der Waals surface area contributed by atoms with E-state index < -0.39 is 5.54 Å². The maximum absolute atomic E-state index is 11.9. The molecule has 3 nitrogen and oxygen atoms in total. The van der Waals surface area contributed by atoms with Crippen molar-refractivity contribution in [3.8, 4) is 0 Å². The molecule has 1 aromatic rings. The average molecular weight is 233 g/mol. The van der Waals surface area contributed by atoms with Gasteiger partial charge < -0.3 is 4.74 Å². The van der Waals surface area contributed by atoms with E-state index in [0.717, 1.165) is 11.1 Å². The van der Waals surface area contributed by atoms with Crippen molar-refractivity contribution in [1.29, 1.82) is 0 Å². The van der Waals surface area contributed by atoms with E-state index in [2.05, 4.69) is 11.9 Å². The molecule has 1 atom stereocenters. The minimum atomic E-state index is -0.838. The monoisotopic (exact) mass is 233 g/mol. The molecule has 0 fully saturated rings. The van der Waals surface area contributed by atoms with Gasteiger partial charge in [-0.2, -0.15) is 0 Å². The van der Waals surface area contributed by atoms with Crippen LogP contribution >= 0.6 is 0 Å². The van der Waals surface area contributed by atoms with Gasteiger partial charge in [-0.15, -0.1) is 6.58 Å². The third-order valence-corrected chi connectivity index (χ3v) is 2.79. The molecule has 1 unspecified atom stereocenters. The number of ether oxygens (including phenoxy) is 1. The minimum absolute atomic E-state index is 0.301. The fraction of sp³-hybridized carbons (Fsp3) is 0.357. The Morgan fingerprint density at radius 2 is 2.29 bits per heavy atom. The van der Waals surface area contributed by atoms with Crippen LogP contribution in [0.5, 0.6) is 0 Å². The molecule has 0 aliphatic heterocycles. The molecule has 1 N–H and O–H groups in total. The molecule has 0 aliphatic carbocycles. The van der Waals surface area contributed by atoms with Crippen LogP contribution in [0.3, 0.4) is 0 Å². The molecule has 0 bridgehead atoms. The smallest absolute Gasteiger partial charge is 0.330 e. The van der Waals surface area contributed by atoms with Crippen LogP contribution in [0.15, 0.2) is 36.9 Å². The Bertz CT molecular complexity index is 414. The van der Waals surface area contributed by atoms with Crippen molar-refractivity contribution in [2.45, 2.75) is 19.4 Å². The first-order valence-electron chi connectivity index (χ1n) is 5.56. The molecular weight excluding hydrogens is 214 g/mol. The van der Waals surface area contributed by atoms with Crippen LogP contribution in [-0.2, 0) is 15.1 Å². The number of hydrogen-bond donors (Lipinski definition) is 1. The lowest BCUT2D eigenvalue weighted by molar-refractivity contribution is -0.148. The number of hydrogen-bond acceptors (Lipinski definition) is 3. The van der Waals surface area contributed by atoms with Crippen molar-refractivity contribution in [3.63, 3.8) is 0 Å². The summed E-state index contributed by atoms with van der Waals surface area (Å²) in [6.45, 7) is 8.00. The third kappa shape index (κ3) is 2.94. The number of benzene rings is 1. The lowest BCUT2D eigenvalue weighted by Gasteiger charge is -2.28. The third-order valence-electron chi connectivity index (χ3n) is 2.79. The summed E-state index contributed by atoms with van der Waals surface area (Å²) in [4.78, 5) is 11.9. The van der Waals surface area contributed by atoms with E-state index in [0.29, 0.717) is 6.54 Å². The number of aryl methyl sites for hydroxylation is 1. The summed E-state index contributed by atoms with van der Waals surface area (Å²) in [7, 11) is 1.39. The highest BCUT2D eigenvalue weighted by molar-refractivity contribution is 5.82. The predicted molar refractivity (Wildman–Crippen MR) is 68.7 cm³/mol. The van der Waals surface area contributed by atoms with Crippen molar-refractivity contribution < 1.29 is 9.53 Å². The van der Waals surface area contributed by atoms with Gasteiger partial charge in [0.2, 0.25) is 0 Å². The second-order valence-corrected chi connectivity index (χ2v) is 4.16. The second kappa shape index (κ2) is 5.64. The molecule has 3 heteroatoms. The molecule has 0 spiro atoms. The van der Waals surface area contributed by atoms with Gasteiger partial charge in [-0.25, -0.2) is 4.79 Å². The number of methoxy groups -OCH3 is 1. The summed E-state index contributed by atoms with van der Waals surface area (Å²) >= 11 is 0. The average Bonchev–Trinajstić information content (AvgIpc) is 2.34. The molecule has 0 saturated carbocycles. The maximum Gasteiger partial charge on any atom is 0.330 e. The lowest BCUT2D eigenvalue weighted by Crippen LogP contribution is -2.47. The predicted octanol–water partition coefficient (Wildman–Crippen LogP) is 2.16. The van der Waals surface area contributed by atoms with Crippen LogP contribution in [0.25, 0.3) is 0 Å². The molecule has 92 valence electrons. The number of esters is 1. The minimum Gasteiger partial charge on any atom is -0.467 e. The van der Waals surface area contributed by atoms with Crippen LogP contribution in [-0.4, -0.2) is 19.6 Å². The van der Waals surface area contributed by atoms with Crippen LogP contribution < -0.4 is 5.32 Å². The van der Waals surface area contributed by atoms with Gasteiger partial charge in [0.15, 0.2) is 0 Å². The highest BCUT2D eigenvalue weighted by Gasteiger charge is 2.35. The largest absolute Gasteiger partial charge is 0.467 e. The Kier molecular flexibility index (Phi) is 4.46. The van der Waals surface area contributed by atoms with Gasteiger partial charge in [0.1, 0.15) is 5.54 Å². The zero-order chi connectivity index (χ0) is 12.9. The van der Waals surface area contributed by atoms with Crippen molar-refractivity contribution in [1.82, 2.24) is 5.32 Å². The van der Waals surface area contributed by atoms with Gasteiger partial charge in [-0.1, -0.05) is 35.9 Å². The molecular formula is C14H19NO2. The van der Waals surface area contributed by atoms with E-state index in [1.165, 1.54) is 7.11 Å². The molecule has 1 rings (SSSR count). The van der Waals surface area contributed by atoms with Crippen LogP contribution in [0.1, 0.15) is 18.1 Å². The van der Waals surface area contributed by atoms with Gasteiger partial charge in [0.25, 0.3) is 0 Å². The number of rotatable bonds is 5. The van der Waals surface area contributed by atoms with E-state index in [4.69, 9.17) is 4.74 Å². The molecule has 0 aliphatic rings. The highest BCUT2D eigenvalue weighted by atomic mass is 16.5. The summed E-state index contributed by atoms with van der Waals surface area (Å²) in [6, 6.07) is 7.82. The van der Waals surface area contributed by atoms with E-state index in [9.17, 15) is 4.79 Å². The zero-order valence-corrected chi connectivity index (χ0v) is 10.6. The van der Waals surface area contributed by atoms with Gasteiger partial charge in [-0.05, 0) is 19.4 Å². The Labute approximate surface area is 102 Å². The van der Waals surface area contributed by atoms with Gasteiger partial charge in [0, 0.05) is 6.54 Å². The highest BCUT2D eigenvalue weighted by Crippen LogP contribution is 2.23. The quantitative estimate of drug-likeness (QED) is 0.625. The fourth-order valence-electron chi connectivity index (χ4n) is 1.73. The molecule has 0 saturated heterocycles. The van der Waals surface area contributed by atoms with Crippen LogP contribution in [0, 0.1) is 6.92 Å². The fourth-order valence-corrected chi connectivity index (χ4v) is 1.73. The topological polar surface area (TPSA) is 38.3 Å². The lowest BCUT2D eigenvalue weighted by atomic mass is 9.91. The first-order chi connectivity index (χ1) is 8.04. The molecule has 0 aromatic heterocycles. The summed E-state index contributed by atoms with van der Waals surface area (Å²) < 4.78 is 4.87.